The first-order valence-corrected chi connectivity index (χ1v) is 19.4. The second kappa shape index (κ2) is 17.4. The number of para-hydroxylation sites is 2. The Hall–Kier alpha value is -5.72. The van der Waals surface area contributed by atoms with Gasteiger partial charge in [0, 0.05) is 40.2 Å². The largest absolute Gasteiger partial charge is 0.457 e. The molecule has 3 nitrogen and oxygen atoms in total. The number of allylic oxidation sites excluding steroid dienone is 4. The second-order valence-electron chi connectivity index (χ2n) is 13.0. The minimum atomic E-state index is 0.757. The van der Waals surface area contributed by atoms with Crippen LogP contribution in [0.4, 0.5) is 34.1 Å². The summed E-state index contributed by atoms with van der Waals surface area (Å²) in [6.07, 6.45) is 5.41. The number of benzene rings is 7. The van der Waals surface area contributed by atoms with Crippen LogP contribution in [0.2, 0.25) is 0 Å². The molecule has 0 aliphatic rings. The van der Waals surface area contributed by atoms with Gasteiger partial charge >= 0.3 is 0 Å². The van der Waals surface area contributed by atoms with E-state index >= 15 is 0 Å². The topological polar surface area (TPSA) is 15.7 Å². The first kappa shape index (κ1) is 36.6. The van der Waals surface area contributed by atoms with E-state index in [0.717, 1.165) is 57.3 Å². The fourth-order valence-electron chi connectivity index (χ4n) is 6.49. The zero-order chi connectivity index (χ0) is 37.3. The highest BCUT2D eigenvalue weighted by Gasteiger charge is 2.16. The molecular formula is C49H44N2OP2. The van der Waals surface area contributed by atoms with Crippen LogP contribution in [0.1, 0.15) is 25.8 Å². The maximum atomic E-state index is 6.52. The van der Waals surface area contributed by atoms with E-state index < -0.39 is 0 Å². The molecule has 0 fully saturated rings. The molecule has 2 atom stereocenters. The maximum Gasteiger partial charge on any atom is 0.129 e. The third-order valence-corrected chi connectivity index (χ3v) is 10.2. The standard InChI is InChI=1S/C49H44N2OP2/c1-3-36(33-48(53)4-2)37-21-25-42(26-22-37)51(43-27-23-38(24-28-43)39-13-11-20-49(54)34-39)45-18-12-19-47(35-45)52-46-31-29-44(30-32-46)50(40-14-7-5-8-15-40)41-16-9-6-10-17-41/h3,5-35H,4,53-54H2,1-2H3/b36-3+,48-33+. The highest BCUT2D eigenvalue weighted by molar-refractivity contribution is 7.27. The molecule has 2 unspecified atom stereocenters. The summed E-state index contributed by atoms with van der Waals surface area (Å²) < 4.78 is 6.52. The molecule has 54 heavy (non-hydrogen) atoms. The van der Waals surface area contributed by atoms with Crippen LogP contribution in [0.25, 0.3) is 16.7 Å². The zero-order valence-electron chi connectivity index (χ0n) is 30.6. The van der Waals surface area contributed by atoms with Gasteiger partial charge in [0.25, 0.3) is 0 Å². The first-order chi connectivity index (χ1) is 26.5. The van der Waals surface area contributed by atoms with Gasteiger partial charge in [0.15, 0.2) is 0 Å². The van der Waals surface area contributed by atoms with Crippen LogP contribution in [-0.2, 0) is 0 Å². The predicted octanol–water partition coefficient (Wildman–Crippen LogP) is 14.2. The summed E-state index contributed by atoms with van der Waals surface area (Å²) in [5.41, 5.74) is 11.1. The third-order valence-electron chi connectivity index (χ3n) is 9.30. The lowest BCUT2D eigenvalue weighted by Gasteiger charge is -2.26. The van der Waals surface area contributed by atoms with E-state index in [4.69, 9.17) is 4.74 Å². The normalized spacial score (nSPS) is 11.6. The number of anilines is 6. The van der Waals surface area contributed by atoms with Crippen LogP contribution < -0.4 is 19.8 Å². The maximum absolute atomic E-state index is 6.52. The lowest BCUT2D eigenvalue weighted by atomic mass is 10.0. The first-order valence-electron chi connectivity index (χ1n) is 18.3. The van der Waals surface area contributed by atoms with E-state index in [-0.39, 0.29) is 0 Å². The minimum Gasteiger partial charge on any atom is -0.457 e. The Morgan fingerprint density at radius 3 is 1.61 bits per heavy atom. The Kier molecular flexibility index (Phi) is 11.8. The van der Waals surface area contributed by atoms with Crippen molar-refractivity contribution < 1.29 is 4.74 Å². The molecule has 0 aliphatic carbocycles. The Balaban J connectivity index is 1.20. The van der Waals surface area contributed by atoms with Gasteiger partial charge in [-0.1, -0.05) is 109 Å². The van der Waals surface area contributed by atoms with E-state index in [1.54, 1.807) is 0 Å². The minimum absolute atomic E-state index is 0.757. The smallest absolute Gasteiger partial charge is 0.129 e. The molecule has 5 heteroatoms. The molecule has 266 valence electrons. The molecular weight excluding hydrogens is 694 g/mol. The molecule has 7 rings (SSSR count). The Morgan fingerprint density at radius 1 is 0.519 bits per heavy atom. The van der Waals surface area contributed by atoms with Gasteiger partial charge < -0.3 is 14.5 Å². The molecule has 0 bridgehead atoms. The van der Waals surface area contributed by atoms with Gasteiger partial charge in [-0.25, -0.2) is 0 Å². The van der Waals surface area contributed by atoms with Crippen LogP contribution in [0.5, 0.6) is 11.5 Å². The zero-order valence-corrected chi connectivity index (χ0v) is 32.9. The molecule has 0 N–H and O–H groups in total. The van der Waals surface area contributed by atoms with Crippen LogP contribution in [-0.4, -0.2) is 0 Å². The van der Waals surface area contributed by atoms with Crippen molar-refractivity contribution in [3.8, 4) is 22.6 Å². The fraction of sp³-hybridized carbons (Fsp3) is 0.0612. The number of nitrogens with zero attached hydrogens (tertiary/aromatic N) is 2. The summed E-state index contributed by atoms with van der Waals surface area (Å²) in [7, 11) is 5.65. The summed E-state index contributed by atoms with van der Waals surface area (Å²) in [4.78, 5) is 4.53. The predicted molar refractivity (Wildman–Crippen MR) is 239 cm³/mol. The SMILES string of the molecule is C/C=C(\C=C(\P)CC)c1ccc(N(c2ccc(-c3cccc(P)c3)cc2)c2cccc(Oc3ccc(N(c4ccccc4)c4ccccc4)cc3)c2)cc1. The summed E-state index contributed by atoms with van der Waals surface area (Å²) in [6.45, 7) is 4.27. The van der Waals surface area contributed by atoms with Crippen molar-refractivity contribution in [1.82, 2.24) is 0 Å². The van der Waals surface area contributed by atoms with E-state index in [9.17, 15) is 0 Å². The van der Waals surface area contributed by atoms with Gasteiger partial charge in [0.1, 0.15) is 11.5 Å². The molecule has 0 saturated heterocycles. The van der Waals surface area contributed by atoms with Crippen molar-refractivity contribution in [2.75, 3.05) is 9.80 Å². The highest BCUT2D eigenvalue weighted by atomic mass is 31.0. The summed E-state index contributed by atoms with van der Waals surface area (Å²) in [5.74, 6) is 1.52. The number of hydrogen-bond donors (Lipinski definition) is 0. The molecule has 0 amide bonds. The van der Waals surface area contributed by atoms with Crippen molar-refractivity contribution in [2.24, 2.45) is 0 Å². The number of ether oxygens (including phenoxy) is 1. The molecule has 0 radical (unpaired) electrons. The van der Waals surface area contributed by atoms with Gasteiger partial charge in [-0.15, -0.1) is 18.5 Å². The van der Waals surface area contributed by atoms with Gasteiger partial charge in [-0.05, 0) is 132 Å². The molecule has 0 spiro atoms. The third kappa shape index (κ3) is 8.73. The van der Waals surface area contributed by atoms with Gasteiger partial charge in [0.2, 0.25) is 0 Å². The molecule has 0 heterocycles. The molecule has 7 aromatic carbocycles. The van der Waals surface area contributed by atoms with E-state index in [0.29, 0.717) is 0 Å². The van der Waals surface area contributed by atoms with E-state index in [1.807, 2.05) is 30.3 Å². The second-order valence-corrected chi connectivity index (χ2v) is 14.4. The highest BCUT2D eigenvalue weighted by Crippen LogP contribution is 2.40. The Bertz CT molecular complexity index is 2310. The van der Waals surface area contributed by atoms with Crippen molar-refractivity contribution in [2.45, 2.75) is 20.3 Å². The van der Waals surface area contributed by atoms with E-state index in [2.05, 4.69) is 206 Å². The van der Waals surface area contributed by atoms with Crippen LogP contribution in [0.15, 0.2) is 199 Å². The van der Waals surface area contributed by atoms with Crippen molar-refractivity contribution in [3.05, 3.63) is 205 Å². The van der Waals surface area contributed by atoms with Gasteiger partial charge in [-0.3, -0.25) is 0 Å². The average molecular weight is 739 g/mol. The lowest BCUT2D eigenvalue weighted by molar-refractivity contribution is 0.483. The molecule has 7 aromatic rings. The average Bonchev–Trinajstić information content (AvgIpc) is 3.22. The summed E-state index contributed by atoms with van der Waals surface area (Å²) in [5, 5.41) is 2.44. The monoisotopic (exact) mass is 738 g/mol. The lowest BCUT2D eigenvalue weighted by Crippen LogP contribution is -2.10. The number of hydrogen-bond acceptors (Lipinski definition) is 3. The molecule has 0 aliphatic heterocycles. The number of rotatable bonds is 12. The van der Waals surface area contributed by atoms with Crippen molar-refractivity contribution >= 4 is 63.5 Å². The summed E-state index contributed by atoms with van der Waals surface area (Å²) >= 11 is 0. The van der Waals surface area contributed by atoms with Gasteiger partial charge in [0.05, 0.1) is 0 Å². The van der Waals surface area contributed by atoms with Crippen LogP contribution in [0.3, 0.4) is 0 Å². The quantitative estimate of drug-likeness (QED) is 0.0917. The van der Waals surface area contributed by atoms with E-state index in [1.165, 1.54) is 27.6 Å². The van der Waals surface area contributed by atoms with Crippen molar-refractivity contribution in [1.29, 1.82) is 0 Å². The summed E-state index contributed by atoms with van der Waals surface area (Å²) in [6, 6.07) is 63.5. The Morgan fingerprint density at radius 2 is 1.04 bits per heavy atom. The molecule has 0 aromatic heterocycles. The van der Waals surface area contributed by atoms with Crippen LogP contribution in [0, 0.1) is 0 Å². The van der Waals surface area contributed by atoms with Crippen LogP contribution >= 0.6 is 18.5 Å². The van der Waals surface area contributed by atoms with Crippen molar-refractivity contribution in [3.63, 3.8) is 0 Å². The molecule has 0 saturated carbocycles. The Labute approximate surface area is 324 Å². The fourth-order valence-corrected chi connectivity index (χ4v) is 6.96. The van der Waals surface area contributed by atoms with Gasteiger partial charge in [-0.2, -0.15) is 0 Å².